The first kappa shape index (κ1) is 23.8. The van der Waals surface area contributed by atoms with E-state index >= 15 is 0 Å². The van der Waals surface area contributed by atoms with Gasteiger partial charge in [0, 0.05) is 34.3 Å². The number of para-hydroxylation sites is 1. The average molecular weight is 513 g/mol. The molecule has 0 saturated heterocycles. The third-order valence-corrected chi connectivity index (χ3v) is 7.43. The lowest BCUT2D eigenvalue weighted by atomic mass is 10.0. The Labute approximate surface area is 235 Å². The lowest BCUT2D eigenvalue weighted by Crippen LogP contribution is -2.10. The lowest BCUT2D eigenvalue weighted by molar-refractivity contribution is 1.13. The first-order valence-electron chi connectivity index (χ1n) is 13.6. The van der Waals surface area contributed by atoms with Gasteiger partial charge < -0.3 is 9.47 Å². The minimum Gasteiger partial charge on any atom is -0.316 e. The SMILES string of the molecule is c1ccc(-c2ccc(N(c3ccccc3)c3ccc4ccn(-c5ccc(-c6ccccc6)cc5)c4c3)cc2)cc1. The van der Waals surface area contributed by atoms with Gasteiger partial charge in [-0.3, -0.25) is 0 Å². The molecule has 0 bridgehead atoms. The van der Waals surface area contributed by atoms with Crippen molar-refractivity contribution >= 4 is 28.0 Å². The molecule has 6 aromatic carbocycles. The summed E-state index contributed by atoms with van der Waals surface area (Å²) in [6, 6.07) is 58.1. The van der Waals surface area contributed by atoms with E-state index in [4.69, 9.17) is 0 Å². The van der Waals surface area contributed by atoms with E-state index in [1.165, 1.54) is 33.2 Å². The van der Waals surface area contributed by atoms with Crippen LogP contribution < -0.4 is 4.90 Å². The molecule has 0 atom stereocenters. The van der Waals surface area contributed by atoms with Crippen molar-refractivity contribution in [2.75, 3.05) is 4.90 Å². The van der Waals surface area contributed by atoms with Crippen LogP contribution in [0.25, 0.3) is 38.8 Å². The first-order valence-corrected chi connectivity index (χ1v) is 13.6. The smallest absolute Gasteiger partial charge is 0.0549 e. The van der Waals surface area contributed by atoms with Crippen molar-refractivity contribution in [1.29, 1.82) is 0 Å². The number of hydrogen-bond donors (Lipinski definition) is 0. The molecule has 0 aliphatic carbocycles. The fourth-order valence-electron chi connectivity index (χ4n) is 5.38. The quantitative estimate of drug-likeness (QED) is 0.215. The number of rotatable bonds is 6. The standard InChI is InChI=1S/C38H28N2/c1-4-10-29(11-5-1)31-16-21-34(22-17-31)39-27-26-33-20-25-37(28-38(33)39)40(35-14-8-3-9-15-35)36-23-18-32(19-24-36)30-12-6-2-7-13-30/h1-28H. The van der Waals surface area contributed by atoms with Gasteiger partial charge in [-0.1, -0.05) is 109 Å². The third-order valence-electron chi connectivity index (χ3n) is 7.43. The molecule has 0 amide bonds. The van der Waals surface area contributed by atoms with Gasteiger partial charge in [0.2, 0.25) is 0 Å². The summed E-state index contributed by atoms with van der Waals surface area (Å²) in [7, 11) is 0. The zero-order chi connectivity index (χ0) is 26.7. The zero-order valence-electron chi connectivity index (χ0n) is 22.1. The number of benzene rings is 6. The van der Waals surface area contributed by atoms with E-state index in [1.807, 2.05) is 0 Å². The highest BCUT2D eigenvalue weighted by Gasteiger charge is 2.14. The number of aromatic nitrogens is 1. The van der Waals surface area contributed by atoms with Gasteiger partial charge in [-0.25, -0.2) is 0 Å². The van der Waals surface area contributed by atoms with Gasteiger partial charge in [-0.05, 0) is 76.9 Å². The summed E-state index contributed by atoms with van der Waals surface area (Å²) in [6.45, 7) is 0. The monoisotopic (exact) mass is 512 g/mol. The molecule has 0 N–H and O–H groups in total. The number of hydrogen-bond acceptors (Lipinski definition) is 1. The second-order valence-electron chi connectivity index (χ2n) is 9.93. The van der Waals surface area contributed by atoms with Crippen molar-refractivity contribution in [2.45, 2.75) is 0 Å². The second kappa shape index (κ2) is 10.4. The minimum atomic E-state index is 1.12. The van der Waals surface area contributed by atoms with Crippen molar-refractivity contribution in [3.63, 3.8) is 0 Å². The molecule has 2 nitrogen and oxygen atoms in total. The van der Waals surface area contributed by atoms with Gasteiger partial charge >= 0.3 is 0 Å². The Balaban J connectivity index is 1.29. The predicted octanol–water partition coefficient (Wildman–Crippen LogP) is 10.4. The molecule has 190 valence electrons. The van der Waals surface area contributed by atoms with Crippen LogP contribution in [0.5, 0.6) is 0 Å². The van der Waals surface area contributed by atoms with Crippen LogP contribution >= 0.6 is 0 Å². The molecule has 0 saturated carbocycles. The van der Waals surface area contributed by atoms with Crippen molar-refractivity contribution in [2.24, 2.45) is 0 Å². The molecule has 1 aromatic heterocycles. The Morgan fingerprint density at radius 1 is 0.375 bits per heavy atom. The van der Waals surface area contributed by atoms with Gasteiger partial charge in [-0.15, -0.1) is 0 Å². The van der Waals surface area contributed by atoms with Crippen molar-refractivity contribution in [1.82, 2.24) is 4.57 Å². The molecule has 40 heavy (non-hydrogen) atoms. The number of fused-ring (bicyclic) bond motifs is 1. The zero-order valence-corrected chi connectivity index (χ0v) is 22.1. The Bertz CT molecular complexity index is 1850. The summed E-state index contributed by atoms with van der Waals surface area (Å²) < 4.78 is 2.27. The van der Waals surface area contributed by atoms with E-state index in [-0.39, 0.29) is 0 Å². The molecule has 0 aliphatic rings. The summed E-state index contributed by atoms with van der Waals surface area (Å²) in [6.07, 6.45) is 2.16. The topological polar surface area (TPSA) is 8.17 Å². The Morgan fingerprint density at radius 3 is 1.45 bits per heavy atom. The summed E-state index contributed by atoms with van der Waals surface area (Å²) in [4.78, 5) is 2.32. The van der Waals surface area contributed by atoms with Gasteiger partial charge in [0.1, 0.15) is 0 Å². The molecular weight excluding hydrogens is 484 g/mol. The maximum atomic E-state index is 2.32. The fraction of sp³-hybridized carbons (Fsp3) is 0. The molecular formula is C38H28N2. The first-order chi connectivity index (χ1) is 19.8. The van der Waals surface area contributed by atoms with Crippen LogP contribution in [0.15, 0.2) is 170 Å². The van der Waals surface area contributed by atoms with Gasteiger partial charge in [0.25, 0.3) is 0 Å². The van der Waals surface area contributed by atoms with Crippen molar-refractivity contribution < 1.29 is 0 Å². The van der Waals surface area contributed by atoms with E-state index in [2.05, 4.69) is 179 Å². The number of nitrogens with zero attached hydrogens (tertiary/aromatic N) is 2. The van der Waals surface area contributed by atoms with Crippen molar-refractivity contribution in [3.05, 3.63) is 170 Å². The van der Waals surface area contributed by atoms with Crippen LogP contribution in [0.1, 0.15) is 0 Å². The highest BCUT2D eigenvalue weighted by Crippen LogP contribution is 2.37. The number of anilines is 3. The van der Waals surface area contributed by atoms with Gasteiger partial charge in [-0.2, -0.15) is 0 Å². The Hall–Kier alpha value is -5.34. The molecule has 0 spiro atoms. The predicted molar refractivity (Wildman–Crippen MR) is 169 cm³/mol. The normalized spacial score (nSPS) is 11.0. The second-order valence-corrected chi connectivity index (χ2v) is 9.93. The Morgan fingerprint density at radius 2 is 0.850 bits per heavy atom. The summed E-state index contributed by atoms with van der Waals surface area (Å²) in [5.41, 5.74) is 10.6. The van der Waals surface area contributed by atoms with Crippen LogP contribution in [-0.4, -0.2) is 4.57 Å². The van der Waals surface area contributed by atoms with Crippen LogP contribution in [0.3, 0.4) is 0 Å². The maximum Gasteiger partial charge on any atom is 0.0549 e. The molecule has 7 rings (SSSR count). The maximum absolute atomic E-state index is 2.32. The van der Waals surface area contributed by atoms with E-state index in [9.17, 15) is 0 Å². The van der Waals surface area contributed by atoms with Crippen molar-refractivity contribution in [3.8, 4) is 27.9 Å². The highest BCUT2D eigenvalue weighted by atomic mass is 15.1. The average Bonchev–Trinajstić information content (AvgIpc) is 3.46. The molecule has 7 aromatic rings. The minimum absolute atomic E-state index is 1.12. The van der Waals surface area contributed by atoms with E-state index in [0.717, 1.165) is 22.7 Å². The fourth-order valence-corrected chi connectivity index (χ4v) is 5.38. The summed E-state index contributed by atoms with van der Waals surface area (Å²) >= 11 is 0. The van der Waals surface area contributed by atoms with E-state index in [0.29, 0.717) is 0 Å². The molecule has 0 unspecified atom stereocenters. The summed E-state index contributed by atoms with van der Waals surface area (Å²) in [5, 5.41) is 1.21. The van der Waals surface area contributed by atoms with Crippen LogP contribution in [0.2, 0.25) is 0 Å². The van der Waals surface area contributed by atoms with Crippen LogP contribution in [0.4, 0.5) is 17.1 Å². The van der Waals surface area contributed by atoms with E-state index in [1.54, 1.807) is 0 Å². The molecule has 1 heterocycles. The molecule has 2 heteroatoms. The van der Waals surface area contributed by atoms with Crippen LogP contribution in [0, 0.1) is 0 Å². The molecule has 0 aliphatic heterocycles. The van der Waals surface area contributed by atoms with Gasteiger partial charge in [0.05, 0.1) is 5.52 Å². The lowest BCUT2D eigenvalue weighted by Gasteiger charge is -2.26. The molecule has 0 radical (unpaired) electrons. The third kappa shape index (κ3) is 4.57. The van der Waals surface area contributed by atoms with Gasteiger partial charge in [0.15, 0.2) is 0 Å². The van der Waals surface area contributed by atoms with E-state index < -0.39 is 0 Å². The Kier molecular flexibility index (Phi) is 6.20. The highest BCUT2D eigenvalue weighted by molar-refractivity contribution is 5.89. The summed E-state index contributed by atoms with van der Waals surface area (Å²) in [5.74, 6) is 0. The molecule has 0 fully saturated rings. The van der Waals surface area contributed by atoms with Crippen LogP contribution in [-0.2, 0) is 0 Å². The largest absolute Gasteiger partial charge is 0.316 e.